The second-order valence-corrected chi connectivity index (χ2v) is 3.53. The van der Waals surface area contributed by atoms with Crippen LogP contribution < -0.4 is 5.73 Å². The minimum atomic E-state index is -0.165. The van der Waals surface area contributed by atoms with Crippen LogP contribution in [0.3, 0.4) is 0 Å². The minimum Gasteiger partial charge on any atom is -0.466 e. The monoisotopic (exact) mass is 210 g/mol. The summed E-state index contributed by atoms with van der Waals surface area (Å²) in [6.07, 6.45) is 5.66. The summed E-state index contributed by atoms with van der Waals surface area (Å²) in [4.78, 5) is 14.0. The molecule has 0 fully saturated rings. The Morgan fingerprint density at radius 3 is 3.07 bits per heavy atom. The molecule has 0 amide bonds. The summed E-state index contributed by atoms with van der Waals surface area (Å²) in [6, 6.07) is 2.01. The standard InChI is InChI=1S/C11H18N2O2/c1-2-15-11(14)4-3-10(12)7-9-5-6-13-8-9/h5-6,8,10,13H,2-4,7,12H2,1H3. The number of hydrogen-bond acceptors (Lipinski definition) is 3. The topological polar surface area (TPSA) is 68.1 Å². The molecule has 0 saturated heterocycles. The van der Waals surface area contributed by atoms with Gasteiger partial charge in [0.05, 0.1) is 6.61 Å². The van der Waals surface area contributed by atoms with Gasteiger partial charge in [-0.25, -0.2) is 0 Å². The lowest BCUT2D eigenvalue weighted by Crippen LogP contribution is -2.24. The summed E-state index contributed by atoms with van der Waals surface area (Å²) in [5.74, 6) is -0.165. The molecular weight excluding hydrogens is 192 g/mol. The van der Waals surface area contributed by atoms with E-state index in [4.69, 9.17) is 10.5 Å². The Bertz CT molecular complexity index is 283. The molecule has 0 saturated carbocycles. The Labute approximate surface area is 89.8 Å². The molecule has 84 valence electrons. The summed E-state index contributed by atoms with van der Waals surface area (Å²) in [5, 5.41) is 0. The Balaban J connectivity index is 2.19. The van der Waals surface area contributed by atoms with Crippen LogP contribution in [-0.2, 0) is 16.0 Å². The highest BCUT2D eigenvalue weighted by atomic mass is 16.5. The summed E-state index contributed by atoms with van der Waals surface area (Å²) >= 11 is 0. The summed E-state index contributed by atoms with van der Waals surface area (Å²) in [7, 11) is 0. The number of ether oxygens (including phenoxy) is 1. The van der Waals surface area contributed by atoms with Gasteiger partial charge in [-0.2, -0.15) is 0 Å². The van der Waals surface area contributed by atoms with Gasteiger partial charge < -0.3 is 15.5 Å². The molecule has 0 aliphatic carbocycles. The molecule has 0 radical (unpaired) electrons. The number of carbonyl (C=O) groups excluding carboxylic acids is 1. The minimum absolute atomic E-state index is 0.0187. The predicted octanol–water partition coefficient (Wildman–Crippen LogP) is 1.23. The van der Waals surface area contributed by atoms with Crippen LogP contribution >= 0.6 is 0 Å². The third kappa shape index (κ3) is 4.65. The van der Waals surface area contributed by atoms with Crippen molar-refractivity contribution < 1.29 is 9.53 Å². The van der Waals surface area contributed by atoms with Gasteiger partial charge in [0.25, 0.3) is 0 Å². The van der Waals surface area contributed by atoms with Gasteiger partial charge in [-0.3, -0.25) is 4.79 Å². The first-order valence-corrected chi connectivity index (χ1v) is 5.25. The van der Waals surface area contributed by atoms with Gasteiger partial charge in [0, 0.05) is 24.9 Å². The lowest BCUT2D eigenvalue weighted by Gasteiger charge is -2.09. The Morgan fingerprint density at radius 2 is 2.47 bits per heavy atom. The average Bonchev–Trinajstić information content (AvgIpc) is 2.68. The van der Waals surface area contributed by atoms with Crippen LogP contribution in [0.1, 0.15) is 25.3 Å². The van der Waals surface area contributed by atoms with Crippen LogP contribution in [0.25, 0.3) is 0 Å². The van der Waals surface area contributed by atoms with Gasteiger partial charge in [-0.05, 0) is 31.4 Å². The number of H-pyrrole nitrogens is 1. The molecule has 0 aliphatic rings. The molecule has 0 aromatic carbocycles. The highest BCUT2D eigenvalue weighted by Gasteiger charge is 2.08. The normalized spacial score (nSPS) is 12.4. The lowest BCUT2D eigenvalue weighted by molar-refractivity contribution is -0.143. The first kappa shape index (κ1) is 11.8. The van der Waals surface area contributed by atoms with Gasteiger partial charge >= 0.3 is 5.97 Å². The lowest BCUT2D eigenvalue weighted by atomic mass is 10.1. The largest absolute Gasteiger partial charge is 0.466 e. The first-order chi connectivity index (χ1) is 7.22. The van der Waals surface area contributed by atoms with Crippen LogP contribution in [0.4, 0.5) is 0 Å². The van der Waals surface area contributed by atoms with E-state index in [0.717, 1.165) is 6.42 Å². The third-order valence-electron chi connectivity index (χ3n) is 2.18. The molecule has 0 bridgehead atoms. The second kappa shape index (κ2) is 6.24. The zero-order chi connectivity index (χ0) is 11.1. The van der Waals surface area contributed by atoms with Crippen molar-refractivity contribution >= 4 is 5.97 Å². The summed E-state index contributed by atoms with van der Waals surface area (Å²) < 4.78 is 4.83. The van der Waals surface area contributed by atoms with E-state index < -0.39 is 0 Å². The van der Waals surface area contributed by atoms with Gasteiger partial charge in [0.15, 0.2) is 0 Å². The SMILES string of the molecule is CCOC(=O)CCC(N)Cc1cc[nH]c1. The highest BCUT2D eigenvalue weighted by Crippen LogP contribution is 2.05. The van der Waals surface area contributed by atoms with E-state index in [1.165, 1.54) is 5.56 Å². The van der Waals surface area contributed by atoms with Crippen molar-refractivity contribution in [3.05, 3.63) is 24.0 Å². The van der Waals surface area contributed by atoms with E-state index in [9.17, 15) is 4.79 Å². The highest BCUT2D eigenvalue weighted by molar-refractivity contribution is 5.69. The van der Waals surface area contributed by atoms with Crippen molar-refractivity contribution in [1.29, 1.82) is 0 Å². The molecule has 0 spiro atoms. The molecule has 1 unspecified atom stereocenters. The van der Waals surface area contributed by atoms with Crippen molar-refractivity contribution in [2.45, 2.75) is 32.2 Å². The maximum absolute atomic E-state index is 11.1. The number of nitrogens with one attached hydrogen (secondary N) is 1. The number of nitrogens with two attached hydrogens (primary N) is 1. The summed E-state index contributed by atoms with van der Waals surface area (Å²) in [5.41, 5.74) is 7.06. The first-order valence-electron chi connectivity index (χ1n) is 5.25. The van der Waals surface area contributed by atoms with Gasteiger partial charge in [-0.15, -0.1) is 0 Å². The molecule has 4 nitrogen and oxygen atoms in total. The molecule has 15 heavy (non-hydrogen) atoms. The van der Waals surface area contributed by atoms with Gasteiger partial charge in [-0.1, -0.05) is 0 Å². The van der Waals surface area contributed by atoms with Crippen molar-refractivity contribution in [2.75, 3.05) is 6.61 Å². The van der Waals surface area contributed by atoms with E-state index in [1.54, 1.807) is 6.92 Å². The van der Waals surface area contributed by atoms with E-state index >= 15 is 0 Å². The van der Waals surface area contributed by atoms with Crippen LogP contribution in [0.5, 0.6) is 0 Å². The molecule has 1 aromatic rings. The van der Waals surface area contributed by atoms with Gasteiger partial charge in [0.2, 0.25) is 0 Å². The fourth-order valence-electron chi connectivity index (χ4n) is 1.43. The zero-order valence-corrected chi connectivity index (χ0v) is 9.03. The van der Waals surface area contributed by atoms with E-state index in [-0.39, 0.29) is 12.0 Å². The fourth-order valence-corrected chi connectivity index (χ4v) is 1.43. The Kier molecular flexibility index (Phi) is 4.90. The number of rotatable bonds is 6. The number of aromatic amines is 1. The van der Waals surface area contributed by atoms with Crippen LogP contribution in [-0.4, -0.2) is 23.6 Å². The van der Waals surface area contributed by atoms with Crippen LogP contribution in [0.2, 0.25) is 0 Å². The van der Waals surface area contributed by atoms with E-state index in [0.29, 0.717) is 19.4 Å². The van der Waals surface area contributed by atoms with Crippen molar-refractivity contribution in [3.8, 4) is 0 Å². The molecule has 1 aromatic heterocycles. The van der Waals surface area contributed by atoms with Crippen LogP contribution in [0.15, 0.2) is 18.5 Å². The molecule has 0 aliphatic heterocycles. The molecule has 1 atom stereocenters. The zero-order valence-electron chi connectivity index (χ0n) is 9.03. The van der Waals surface area contributed by atoms with E-state index in [1.807, 2.05) is 18.5 Å². The van der Waals surface area contributed by atoms with Gasteiger partial charge in [0.1, 0.15) is 0 Å². The van der Waals surface area contributed by atoms with Crippen LogP contribution in [0, 0.1) is 0 Å². The smallest absolute Gasteiger partial charge is 0.305 e. The number of hydrogen-bond donors (Lipinski definition) is 2. The number of carbonyl (C=O) groups is 1. The van der Waals surface area contributed by atoms with Crippen molar-refractivity contribution in [3.63, 3.8) is 0 Å². The maximum atomic E-state index is 11.1. The quantitative estimate of drug-likeness (QED) is 0.694. The molecule has 4 heteroatoms. The molecule has 3 N–H and O–H groups in total. The fraction of sp³-hybridized carbons (Fsp3) is 0.545. The average molecular weight is 210 g/mol. The summed E-state index contributed by atoms with van der Waals surface area (Å²) in [6.45, 7) is 2.24. The maximum Gasteiger partial charge on any atom is 0.305 e. The second-order valence-electron chi connectivity index (χ2n) is 3.53. The number of aromatic nitrogens is 1. The Morgan fingerprint density at radius 1 is 1.67 bits per heavy atom. The Hall–Kier alpha value is -1.29. The predicted molar refractivity (Wildman–Crippen MR) is 58.3 cm³/mol. The number of esters is 1. The van der Waals surface area contributed by atoms with Crippen molar-refractivity contribution in [1.82, 2.24) is 4.98 Å². The van der Waals surface area contributed by atoms with Crippen molar-refractivity contribution in [2.24, 2.45) is 5.73 Å². The molecule has 1 rings (SSSR count). The molecular formula is C11H18N2O2. The third-order valence-corrected chi connectivity index (χ3v) is 2.18. The molecule has 1 heterocycles. The van der Waals surface area contributed by atoms with E-state index in [2.05, 4.69) is 4.98 Å².